The quantitative estimate of drug-likeness (QED) is 0.243. The predicted octanol–water partition coefficient (Wildman–Crippen LogP) is 7.98. The Morgan fingerprint density at radius 1 is 0.519 bits per heavy atom. The van der Waals surface area contributed by atoms with Gasteiger partial charge in [0.2, 0.25) is 0 Å². The fraction of sp³-hybridized carbons (Fsp3) is 0. The molecule has 0 aliphatic carbocycles. The van der Waals surface area contributed by atoms with Gasteiger partial charge in [0.1, 0.15) is 0 Å². The molecular weight excluding hydrogens is 462 g/mol. The summed E-state index contributed by atoms with van der Waals surface area (Å²) in [5, 5.41) is 2.45. The van der Waals surface area contributed by atoms with Crippen molar-refractivity contribution < 1.29 is 0 Å². The number of benzene rings is 4. The van der Waals surface area contributed by atoms with Gasteiger partial charge in [-0.05, 0) is 47.5 Å². The topological polar surface area (TPSA) is 4.93 Å². The Hall–Kier alpha value is -2.36. The molecular formula is C24H15Br2N. The molecule has 0 saturated heterocycles. The van der Waals surface area contributed by atoms with Gasteiger partial charge in [-0.2, -0.15) is 0 Å². The molecule has 0 unspecified atom stereocenters. The molecule has 4 aromatic carbocycles. The maximum absolute atomic E-state index is 3.76. The van der Waals surface area contributed by atoms with E-state index < -0.39 is 0 Å². The van der Waals surface area contributed by atoms with Gasteiger partial charge in [-0.15, -0.1) is 0 Å². The molecule has 1 heterocycles. The molecule has 1 nitrogen and oxygen atoms in total. The standard InChI is InChI=1S/C24H15Br2N/c25-19-11-5-13-21-23(19)24-20(26)12-6-14-22(24)27(21)18-10-4-9-17(15-18)16-7-2-1-3-8-16/h1-15H. The van der Waals surface area contributed by atoms with Gasteiger partial charge in [0.15, 0.2) is 0 Å². The summed E-state index contributed by atoms with van der Waals surface area (Å²) in [6.07, 6.45) is 0. The summed E-state index contributed by atoms with van der Waals surface area (Å²) in [5.74, 6) is 0. The highest BCUT2D eigenvalue weighted by Gasteiger charge is 2.16. The van der Waals surface area contributed by atoms with Crippen LogP contribution < -0.4 is 0 Å². The zero-order valence-electron chi connectivity index (χ0n) is 14.4. The van der Waals surface area contributed by atoms with E-state index in [-0.39, 0.29) is 0 Å². The fourth-order valence-electron chi connectivity index (χ4n) is 3.76. The minimum Gasteiger partial charge on any atom is -0.309 e. The first-order valence-corrected chi connectivity index (χ1v) is 10.4. The Morgan fingerprint density at radius 3 is 1.70 bits per heavy atom. The van der Waals surface area contributed by atoms with Crippen molar-refractivity contribution in [3.8, 4) is 16.8 Å². The van der Waals surface area contributed by atoms with Crippen LogP contribution in [0.3, 0.4) is 0 Å². The first-order chi connectivity index (χ1) is 13.2. The molecule has 0 N–H and O–H groups in total. The summed E-state index contributed by atoms with van der Waals surface area (Å²) < 4.78 is 4.55. The predicted molar refractivity (Wildman–Crippen MR) is 122 cm³/mol. The third-order valence-corrected chi connectivity index (χ3v) is 6.25. The van der Waals surface area contributed by atoms with Gasteiger partial charge in [-0.25, -0.2) is 0 Å². The zero-order valence-corrected chi connectivity index (χ0v) is 17.5. The van der Waals surface area contributed by atoms with Gasteiger partial charge in [0.25, 0.3) is 0 Å². The van der Waals surface area contributed by atoms with E-state index in [0.717, 1.165) is 14.6 Å². The molecule has 0 atom stereocenters. The molecule has 130 valence electrons. The summed E-state index contributed by atoms with van der Waals surface area (Å²) in [5.41, 5.74) is 5.98. The summed E-state index contributed by atoms with van der Waals surface area (Å²) in [6, 6.07) is 32.0. The lowest BCUT2D eigenvalue weighted by atomic mass is 10.1. The normalized spacial score (nSPS) is 11.3. The number of hydrogen-bond acceptors (Lipinski definition) is 0. The Labute approximate surface area is 174 Å². The van der Waals surface area contributed by atoms with Crippen molar-refractivity contribution in [1.29, 1.82) is 0 Å². The largest absolute Gasteiger partial charge is 0.309 e. The Morgan fingerprint density at radius 2 is 1.07 bits per heavy atom. The molecule has 27 heavy (non-hydrogen) atoms. The van der Waals surface area contributed by atoms with Crippen molar-refractivity contribution in [3.05, 3.63) is 99.9 Å². The van der Waals surface area contributed by atoms with Crippen molar-refractivity contribution in [2.75, 3.05) is 0 Å². The highest BCUT2D eigenvalue weighted by Crippen LogP contribution is 2.40. The van der Waals surface area contributed by atoms with Gasteiger partial charge in [0, 0.05) is 25.4 Å². The highest BCUT2D eigenvalue weighted by molar-refractivity contribution is 9.11. The van der Waals surface area contributed by atoms with E-state index in [0.29, 0.717) is 0 Å². The first kappa shape index (κ1) is 16.8. The second kappa shape index (κ2) is 6.66. The van der Waals surface area contributed by atoms with E-state index in [2.05, 4.69) is 127 Å². The lowest BCUT2D eigenvalue weighted by Gasteiger charge is -2.10. The van der Waals surface area contributed by atoms with Gasteiger partial charge in [0.05, 0.1) is 11.0 Å². The minimum atomic E-state index is 1.11. The van der Waals surface area contributed by atoms with Crippen LogP contribution in [0.25, 0.3) is 38.6 Å². The Balaban J connectivity index is 1.86. The number of aromatic nitrogens is 1. The number of rotatable bonds is 2. The van der Waals surface area contributed by atoms with E-state index in [4.69, 9.17) is 0 Å². The molecule has 1 aromatic heterocycles. The molecule has 3 heteroatoms. The number of halogens is 2. The van der Waals surface area contributed by atoms with Gasteiger partial charge in [-0.3, -0.25) is 0 Å². The third kappa shape index (κ3) is 2.73. The first-order valence-electron chi connectivity index (χ1n) is 8.77. The molecule has 0 fully saturated rings. The number of nitrogens with zero attached hydrogens (tertiary/aromatic N) is 1. The average Bonchev–Trinajstić information content (AvgIpc) is 3.06. The van der Waals surface area contributed by atoms with Crippen LogP contribution in [0.5, 0.6) is 0 Å². The Kier molecular flexibility index (Phi) is 4.14. The van der Waals surface area contributed by atoms with Crippen molar-refractivity contribution in [1.82, 2.24) is 4.57 Å². The molecule has 0 amide bonds. The lowest BCUT2D eigenvalue weighted by molar-refractivity contribution is 1.18. The zero-order chi connectivity index (χ0) is 18.4. The van der Waals surface area contributed by atoms with E-state index in [1.54, 1.807) is 0 Å². The second-order valence-corrected chi connectivity index (χ2v) is 8.23. The van der Waals surface area contributed by atoms with Gasteiger partial charge >= 0.3 is 0 Å². The van der Waals surface area contributed by atoms with Crippen LogP contribution in [0.1, 0.15) is 0 Å². The van der Waals surface area contributed by atoms with Crippen molar-refractivity contribution >= 4 is 53.7 Å². The Bertz CT molecular complexity index is 1230. The molecule has 0 aliphatic heterocycles. The van der Waals surface area contributed by atoms with Crippen LogP contribution in [0.4, 0.5) is 0 Å². The summed E-state index contributed by atoms with van der Waals surface area (Å²) in [7, 11) is 0. The highest BCUT2D eigenvalue weighted by atomic mass is 79.9. The molecule has 5 aromatic rings. The van der Waals surface area contributed by atoms with Gasteiger partial charge in [-0.1, -0.05) is 86.5 Å². The average molecular weight is 477 g/mol. The number of hydrogen-bond donors (Lipinski definition) is 0. The van der Waals surface area contributed by atoms with Gasteiger partial charge < -0.3 is 4.57 Å². The summed E-state index contributed by atoms with van der Waals surface area (Å²) >= 11 is 7.51. The summed E-state index contributed by atoms with van der Waals surface area (Å²) in [6.45, 7) is 0. The van der Waals surface area contributed by atoms with Crippen LogP contribution in [0.2, 0.25) is 0 Å². The lowest BCUT2D eigenvalue weighted by Crippen LogP contribution is -1.94. The molecule has 0 aliphatic rings. The fourth-order valence-corrected chi connectivity index (χ4v) is 4.86. The molecule has 0 spiro atoms. The van der Waals surface area contributed by atoms with E-state index in [1.165, 1.54) is 32.9 Å². The SMILES string of the molecule is Brc1cccc2c1c1c(Br)cccc1n2-c1cccc(-c2ccccc2)c1. The van der Waals surface area contributed by atoms with E-state index in [9.17, 15) is 0 Å². The van der Waals surface area contributed by atoms with Crippen molar-refractivity contribution in [2.45, 2.75) is 0 Å². The summed E-state index contributed by atoms with van der Waals surface area (Å²) in [4.78, 5) is 0. The van der Waals surface area contributed by atoms with Crippen LogP contribution in [-0.2, 0) is 0 Å². The smallest absolute Gasteiger partial charge is 0.0552 e. The van der Waals surface area contributed by atoms with Crippen molar-refractivity contribution in [2.24, 2.45) is 0 Å². The maximum atomic E-state index is 3.76. The number of fused-ring (bicyclic) bond motifs is 3. The maximum Gasteiger partial charge on any atom is 0.0552 e. The van der Waals surface area contributed by atoms with Crippen LogP contribution >= 0.6 is 31.9 Å². The third-order valence-electron chi connectivity index (χ3n) is 4.93. The molecule has 0 bridgehead atoms. The second-order valence-electron chi connectivity index (χ2n) is 6.52. The molecule has 0 radical (unpaired) electrons. The monoisotopic (exact) mass is 475 g/mol. The van der Waals surface area contributed by atoms with Crippen LogP contribution in [-0.4, -0.2) is 4.57 Å². The van der Waals surface area contributed by atoms with Crippen LogP contribution in [0.15, 0.2) is 99.9 Å². The van der Waals surface area contributed by atoms with Crippen LogP contribution in [0, 0.1) is 0 Å². The van der Waals surface area contributed by atoms with Crippen molar-refractivity contribution in [3.63, 3.8) is 0 Å². The van der Waals surface area contributed by atoms with E-state index in [1.807, 2.05) is 0 Å². The van der Waals surface area contributed by atoms with E-state index >= 15 is 0 Å². The molecule has 0 saturated carbocycles. The minimum absolute atomic E-state index is 1.11. The molecule has 5 rings (SSSR count).